The first-order chi connectivity index (χ1) is 16.5. The van der Waals surface area contributed by atoms with Crippen LogP contribution < -0.4 is 14.9 Å². The maximum Gasteiger partial charge on any atom is 0.199 e. The molecule has 6 rings (SSSR count). The van der Waals surface area contributed by atoms with E-state index in [1.807, 2.05) is 73.7 Å². The van der Waals surface area contributed by atoms with Gasteiger partial charge in [-0.3, -0.25) is 4.79 Å². The molecule has 0 saturated carbocycles. The van der Waals surface area contributed by atoms with Crippen LogP contribution in [0.25, 0.3) is 33.6 Å². The Morgan fingerprint density at radius 1 is 0.971 bits per heavy atom. The maximum absolute atomic E-state index is 13.6. The molecule has 0 bridgehead atoms. The van der Waals surface area contributed by atoms with E-state index in [2.05, 4.69) is 22.6 Å². The Balaban J connectivity index is 1.62. The third-order valence-electron chi connectivity index (χ3n) is 6.10. The summed E-state index contributed by atoms with van der Waals surface area (Å²) in [6.07, 6.45) is 0.814. The molecule has 1 atom stereocenters. The minimum Gasteiger partial charge on any atom is -0.497 e. The quantitative estimate of drug-likeness (QED) is 0.219. The molecule has 168 valence electrons. The average molecular weight is 562 g/mol. The standard InChI is InChI=1S/C28H19IO5/c1-15-8-11-21-19(12-15)25(30)20(14-32-21)28-23-24(29)26(16-6-4-3-5-7-16)34-27(23)18-10-9-17(31-2)13-22(18)33-28/h3-14,28H,1-2H3. The average Bonchev–Trinajstić information content (AvgIpc) is 3.22. The highest BCUT2D eigenvalue weighted by molar-refractivity contribution is 14.1. The second-order valence-corrected chi connectivity index (χ2v) is 9.31. The van der Waals surface area contributed by atoms with E-state index in [1.54, 1.807) is 7.11 Å². The fourth-order valence-electron chi connectivity index (χ4n) is 4.39. The number of aryl methyl sites for hydroxylation is 1. The van der Waals surface area contributed by atoms with Gasteiger partial charge in [-0.05, 0) is 53.8 Å². The van der Waals surface area contributed by atoms with E-state index >= 15 is 0 Å². The van der Waals surface area contributed by atoms with E-state index in [0.717, 1.165) is 31.6 Å². The van der Waals surface area contributed by atoms with Crippen LogP contribution in [0.4, 0.5) is 0 Å². The summed E-state index contributed by atoms with van der Waals surface area (Å²) in [5, 5.41) is 0.529. The molecule has 0 amide bonds. The lowest BCUT2D eigenvalue weighted by Gasteiger charge is -2.26. The monoisotopic (exact) mass is 562 g/mol. The zero-order chi connectivity index (χ0) is 23.4. The van der Waals surface area contributed by atoms with Crippen LogP contribution in [0.3, 0.4) is 0 Å². The highest BCUT2D eigenvalue weighted by Gasteiger charge is 2.37. The molecular formula is C28H19IO5. The molecule has 1 unspecified atom stereocenters. The van der Waals surface area contributed by atoms with E-state index in [4.69, 9.17) is 18.3 Å². The van der Waals surface area contributed by atoms with Crippen molar-refractivity contribution in [2.24, 2.45) is 0 Å². The molecule has 34 heavy (non-hydrogen) atoms. The highest BCUT2D eigenvalue weighted by Crippen LogP contribution is 2.51. The Morgan fingerprint density at radius 2 is 1.79 bits per heavy atom. The van der Waals surface area contributed by atoms with Crippen LogP contribution in [-0.2, 0) is 0 Å². The number of rotatable bonds is 3. The SMILES string of the molecule is COc1ccc2c(c1)OC(c1coc3ccc(C)cc3c1=O)c1c-2oc(-c2ccccc2)c1I. The molecule has 0 saturated heterocycles. The summed E-state index contributed by atoms with van der Waals surface area (Å²) < 4.78 is 25.1. The van der Waals surface area contributed by atoms with Crippen LogP contribution in [0.1, 0.15) is 22.8 Å². The van der Waals surface area contributed by atoms with Gasteiger partial charge in [0.05, 0.1) is 32.8 Å². The Kier molecular flexibility index (Phi) is 4.99. The fraction of sp³-hybridized carbons (Fsp3) is 0.107. The van der Waals surface area contributed by atoms with E-state index < -0.39 is 6.10 Å². The molecule has 0 fully saturated rings. The van der Waals surface area contributed by atoms with Crippen LogP contribution in [0.2, 0.25) is 0 Å². The third-order valence-corrected chi connectivity index (χ3v) is 7.17. The van der Waals surface area contributed by atoms with Crippen molar-refractivity contribution in [2.45, 2.75) is 13.0 Å². The largest absolute Gasteiger partial charge is 0.497 e. The number of fused-ring (bicyclic) bond motifs is 4. The van der Waals surface area contributed by atoms with E-state index in [-0.39, 0.29) is 5.43 Å². The first-order valence-electron chi connectivity index (χ1n) is 10.8. The topological polar surface area (TPSA) is 61.8 Å². The summed E-state index contributed by atoms with van der Waals surface area (Å²) in [6.45, 7) is 1.95. The fourth-order valence-corrected chi connectivity index (χ4v) is 5.34. The van der Waals surface area contributed by atoms with Gasteiger partial charge in [0.25, 0.3) is 0 Å². The zero-order valence-electron chi connectivity index (χ0n) is 18.4. The van der Waals surface area contributed by atoms with Gasteiger partial charge in [0.2, 0.25) is 0 Å². The molecule has 5 nitrogen and oxygen atoms in total. The Labute approximate surface area is 209 Å². The van der Waals surface area contributed by atoms with E-state index in [1.165, 1.54) is 6.26 Å². The number of methoxy groups -OCH3 is 1. The van der Waals surface area contributed by atoms with Crippen molar-refractivity contribution in [3.05, 3.63) is 103 Å². The lowest BCUT2D eigenvalue weighted by molar-refractivity contribution is 0.235. The number of ether oxygens (including phenoxy) is 2. The van der Waals surface area contributed by atoms with Crippen LogP contribution in [0, 0.1) is 10.5 Å². The van der Waals surface area contributed by atoms with Gasteiger partial charge in [0.15, 0.2) is 11.5 Å². The summed E-state index contributed by atoms with van der Waals surface area (Å²) in [6, 6.07) is 21.1. The van der Waals surface area contributed by atoms with Crippen molar-refractivity contribution in [1.82, 2.24) is 0 Å². The smallest absolute Gasteiger partial charge is 0.199 e. The van der Waals surface area contributed by atoms with E-state index in [9.17, 15) is 4.79 Å². The van der Waals surface area contributed by atoms with Crippen molar-refractivity contribution in [3.8, 4) is 34.1 Å². The van der Waals surface area contributed by atoms with Crippen molar-refractivity contribution >= 4 is 33.6 Å². The molecule has 0 radical (unpaired) electrons. The summed E-state index contributed by atoms with van der Waals surface area (Å²) in [5.41, 5.74) is 4.42. The van der Waals surface area contributed by atoms with Gasteiger partial charge in [-0.15, -0.1) is 0 Å². The predicted octanol–water partition coefficient (Wildman–Crippen LogP) is 7.12. The predicted molar refractivity (Wildman–Crippen MR) is 139 cm³/mol. The summed E-state index contributed by atoms with van der Waals surface area (Å²) >= 11 is 2.28. The summed E-state index contributed by atoms with van der Waals surface area (Å²) in [5.74, 6) is 2.67. The maximum atomic E-state index is 13.6. The molecule has 1 aliphatic rings. The normalized spacial score (nSPS) is 14.4. The van der Waals surface area contributed by atoms with Crippen LogP contribution in [0.5, 0.6) is 11.5 Å². The number of hydrogen-bond acceptors (Lipinski definition) is 5. The van der Waals surface area contributed by atoms with Crippen molar-refractivity contribution in [2.75, 3.05) is 7.11 Å². The number of furan rings is 1. The van der Waals surface area contributed by atoms with Crippen LogP contribution in [0.15, 0.2) is 86.6 Å². The number of hydrogen-bond donors (Lipinski definition) is 0. The highest BCUT2D eigenvalue weighted by atomic mass is 127. The van der Waals surface area contributed by atoms with Gasteiger partial charge < -0.3 is 18.3 Å². The Hall–Kier alpha value is -3.52. The third kappa shape index (κ3) is 3.24. The molecule has 1 aliphatic heterocycles. The molecule has 3 aromatic carbocycles. The van der Waals surface area contributed by atoms with Crippen molar-refractivity contribution in [3.63, 3.8) is 0 Å². The van der Waals surface area contributed by atoms with Gasteiger partial charge in [-0.25, -0.2) is 0 Å². The molecular weight excluding hydrogens is 543 g/mol. The number of benzene rings is 3. The minimum atomic E-state index is -0.691. The van der Waals surface area contributed by atoms with Gasteiger partial charge >= 0.3 is 0 Å². The summed E-state index contributed by atoms with van der Waals surface area (Å²) in [7, 11) is 1.61. The number of halogens is 1. The van der Waals surface area contributed by atoms with E-state index in [0.29, 0.717) is 33.8 Å². The Morgan fingerprint density at radius 3 is 2.59 bits per heavy atom. The molecule has 0 aliphatic carbocycles. The lowest BCUT2D eigenvalue weighted by Crippen LogP contribution is -2.22. The van der Waals surface area contributed by atoms with Crippen molar-refractivity contribution in [1.29, 1.82) is 0 Å². The van der Waals surface area contributed by atoms with Crippen LogP contribution >= 0.6 is 22.6 Å². The van der Waals surface area contributed by atoms with Crippen LogP contribution in [-0.4, -0.2) is 7.11 Å². The van der Waals surface area contributed by atoms with Gasteiger partial charge in [-0.1, -0.05) is 42.0 Å². The molecule has 0 spiro atoms. The summed E-state index contributed by atoms with van der Waals surface area (Å²) in [4.78, 5) is 13.6. The second-order valence-electron chi connectivity index (χ2n) is 8.23. The zero-order valence-corrected chi connectivity index (χ0v) is 20.6. The van der Waals surface area contributed by atoms with Gasteiger partial charge in [-0.2, -0.15) is 0 Å². The molecule has 3 heterocycles. The molecule has 0 N–H and O–H groups in total. The van der Waals surface area contributed by atoms with Crippen molar-refractivity contribution < 1.29 is 18.3 Å². The second kappa shape index (κ2) is 8.06. The first kappa shape index (κ1) is 21.0. The van der Waals surface area contributed by atoms with Gasteiger partial charge in [0.1, 0.15) is 34.9 Å². The van der Waals surface area contributed by atoms with Gasteiger partial charge in [0, 0.05) is 11.6 Å². The molecule has 5 aromatic rings. The molecule has 2 aromatic heterocycles. The minimum absolute atomic E-state index is 0.120. The molecule has 6 heteroatoms. The first-order valence-corrected chi connectivity index (χ1v) is 11.9. The Bertz CT molecular complexity index is 1610. The lowest BCUT2D eigenvalue weighted by atomic mass is 9.95.